The van der Waals surface area contributed by atoms with Crippen molar-refractivity contribution in [1.82, 2.24) is 0 Å². The van der Waals surface area contributed by atoms with E-state index in [1.165, 1.54) is 138 Å². The summed E-state index contributed by atoms with van der Waals surface area (Å²) in [5.74, 6) is 0. The summed E-state index contributed by atoms with van der Waals surface area (Å²) in [4.78, 5) is 5.45. The Morgan fingerprint density at radius 1 is 0.231 bits per heavy atom. The third-order valence-electron chi connectivity index (χ3n) is 22.0. The van der Waals surface area contributed by atoms with E-state index in [9.17, 15) is 0 Å². The minimum atomic E-state index is -2.85. The molecule has 0 atom stereocenters. The summed E-state index contributed by atoms with van der Waals surface area (Å²) in [7, 11) is -2.85. The van der Waals surface area contributed by atoms with Gasteiger partial charge in [0.1, 0.15) is 0 Å². The molecular weight excluding hydrogens is 1270 g/mol. The Morgan fingerprint density at radius 3 is 0.885 bits per heavy atom. The Bertz CT molecular complexity index is 5260. The smallest absolute Gasteiger partial charge is 0.252 e. The third-order valence-corrected chi connectivity index (χ3v) is 26.8. The number of anilines is 6. The van der Waals surface area contributed by atoms with E-state index in [4.69, 9.17) is 0 Å². The average Bonchev–Trinajstić information content (AvgIpc) is 0.683. The molecule has 0 spiro atoms. The molecule has 0 saturated carbocycles. The molecule has 2 aliphatic heterocycles. The monoisotopic (exact) mass is 1360 g/mol. The second kappa shape index (κ2) is 26.3. The Hall–Kier alpha value is -11.0. The summed E-state index contributed by atoms with van der Waals surface area (Å²) >= 11 is 0. The van der Waals surface area contributed by atoms with E-state index in [-0.39, 0.29) is 28.4 Å². The van der Waals surface area contributed by atoms with Crippen molar-refractivity contribution in [3.63, 3.8) is 0 Å². The highest BCUT2D eigenvalue weighted by atomic mass is 28.3. The number of fused-ring (bicyclic) bond motifs is 4. The first-order valence-electron chi connectivity index (χ1n) is 37.2. The van der Waals surface area contributed by atoms with Crippen LogP contribution in [0.1, 0.15) is 105 Å². The zero-order chi connectivity index (χ0) is 71.9. The van der Waals surface area contributed by atoms with E-state index >= 15 is 0 Å². The fourth-order valence-corrected chi connectivity index (χ4v) is 21.3. The lowest BCUT2D eigenvalue weighted by Gasteiger charge is -2.47. The summed E-state index contributed by atoms with van der Waals surface area (Å²) in [6, 6.07) is 128. The van der Waals surface area contributed by atoms with Crippen LogP contribution in [0.25, 0.3) is 66.8 Å². The molecule has 0 radical (unpaired) electrons. The molecule has 2 aliphatic rings. The SMILES string of the molecule is CC(C)(C)c1cc(-c2ccccc2)c(N2c3ccc(-c4ccc([Si](c5ccccc5)(c5ccccc5)c5ccccc5)cc4)cc3B3c4cc(-c5ccccc5C(C)(C)C)ccc4N(c4c(-c5ccccc5)cc(C(C)(C)C)cc4-c4ccccc4)c4cc(C(C)(C)C)cc2c43)c(-c2ccccc2)c1. The Balaban J connectivity index is 1.06. The normalized spacial score (nSPS) is 12.9. The molecule has 0 N–H and O–H groups in total. The lowest BCUT2D eigenvalue weighted by atomic mass is 9.33. The summed E-state index contributed by atoms with van der Waals surface area (Å²) in [6.07, 6.45) is 0. The molecule has 2 nitrogen and oxygen atoms in total. The van der Waals surface area contributed by atoms with Gasteiger partial charge in [0, 0.05) is 45.0 Å². The van der Waals surface area contributed by atoms with Crippen molar-refractivity contribution < 1.29 is 0 Å². The predicted octanol–water partition coefficient (Wildman–Crippen LogP) is 22.3. The highest BCUT2D eigenvalue weighted by molar-refractivity contribution is 7.20. The van der Waals surface area contributed by atoms with Gasteiger partial charge in [0.2, 0.25) is 0 Å². The largest absolute Gasteiger partial charge is 0.310 e. The Morgan fingerprint density at radius 2 is 0.529 bits per heavy atom. The van der Waals surface area contributed by atoms with Crippen molar-refractivity contribution in [1.29, 1.82) is 0 Å². The molecule has 16 rings (SSSR count). The molecule has 0 aromatic heterocycles. The fraction of sp³-hybridized carbons (Fsp3) is 0.160. The van der Waals surface area contributed by atoms with Crippen LogP contribution >= 0.6 is 0 Å². The van der Waals surface area contributed by atoms with Gasteiger partial charge < -0.3 is 9.80 Å². The molecule has 4 heteroatoms. The van der Waals surface area contributed by atoms with E-state index in [1.807, 2.05) is 0 Å². The van der Waals surface area contributed by atoms with Crippen LogP contribution in [0.3, 0.4) is 0 Å². The van der Waals surface area contributed by atoms with Gasteiger partial charge in [0.25, 0.3) is 6.71 Å². The van der Waals surface area contributed by atoms with E-state index < -0.39 is 8.07 Å². The molecule has 0 unspecified atom stereocenters. The third kappa shape index (κ3) is 12.0. The first-order chi connectivity index (χ1) is 50.1. The van der Waals surface area contributed by atoms with Crippen LogP contribution in [0.4, 0.5) is 34.1 Å². The van der Waals surface area contributed by atoms with Gasteiger partial charge in [-0.3, -0.25) is 0 Å². The maximum atomic E-state index is 2.73. The van der Waals surface area contributed by atoms with Crippen LogP contribution < -0.4 is 46.9 Å². The van der Waals surface area contributed by atoms with E-state index in [0.29, 0.717) is 0 Å². The standard InChI is InChI=1S/C100H91BN2Si/c1-97(2,3)75-62-83(69-36-20-13-21-37-69)95(84(63-75)70-38-22-14-23-39-70)102-90-58-54-73(68-52-56-81(57-53-68)104(78-44-28-17-29-45-78,79-46-30-18-31-47-79)80-48-32-19-33-49-80)60-88(90)101-89-61-74(82-50-34-35-51-87(82)100(10,11)12)55-59-91(89)103(93-67-77(99(7,8)9)66-92(102)94(93)101)96-85(71-40-24-15-25-41-71)64-76(98(4,5)6)65-86(96)72-42-26-16-27-43-72/h13-67H,1-12H3. The first-order valence-corrected chi connectivity index (χ1v) is 39.2. The van der Waals surface area contributed by atoms with Crippen molar-refractivity contribution in [2.75, 3.05) is 9.80 Å². The molecule has 2 heterocycles. The van der Waals surface area contributed by atoms with Gasteiger partial charge in [0.15, 0.2) is 8.07 Å². The van der Waals surface area contributed by atoms with Gasteiger partial charge in [-0.1, -0.05) is 368 Å². The first kappa shape index (κ1) is 67.4. The molecule has 104 heavy (non-hydrogen) atoms. The fourth-order valence-electron chi connectivity index (χ4n) is 16.6. The van der Waals surface area contributed by atoms with Crippen LogP contribution in [0.5, 0.6) is 0 Å². The van der Waals surface area contributed by atoms with Gasteiger partial charge in [-0.2, -0.15) is 0 Å². The van der Waals surface area contributed by atoms with Gasteiger partial charge >= 0.3 is 0 Å². The Labute approximate surface area is 619 Å². The molecule has 14 aromatic rings. The van der Waals surface area contributed by atoms with Crippen molar-refractivity contribution >= 4 is 86.0 Å². The van der Waals surface area contributed by atoms with E-state index in [1.54, 1.807) is 0 Å². The Kier molecular flexibility index (Phi) is 17.1. The number of hydrogen-bond donors (Lipinski definition) is 0. The highest BCUT2D eigenvalue weighted by Gasteiger charge is 2.47. The zero-order valence-corrected chi connectivity index (χ0v) is 63.2. The lowest BCUT2D eigenvalue weighted by molar-refractivity contribution is 0.590. The van der Waals surface area contributed by atoms with Gasteiger partial charge in [-0.05, 0) is 174 Å². The maximum Gasteiger partial charge on any atom is 0.252 e. The van der Waals surface area contributed by atoms with Crippen molar-refractivity contribution in [3.05, 3.63) is 356 Å². The van der Waals surface area contributed by atoms with Crippen molar-refractivity contribution in [2.24, 2.45) is 0 Å². The molecule has 14 aromatic carbocycles. The molecule has 0 aliphatic carbocycles. The van der Waals surface area contributed by atoms with E-state index in [2.05, 4.69) is 427 Å². The van der Waals surface area contributed by atoms with Gasteiger partial charge in [-0.15, -0.1) is 0 Å². The van der Waals surface area contributed by atoms with Gasteiger partial charge in [0.05, 0.1) is 11.4 Å². The second-order valence-electron chi connectivity index (χ2n) is 32.9. The molecule has 0 saturated heterocycles. The molecular formula is C100H91BN2Si. The number of benzene rings is 14. The summed E-state index contributed by atoms with van der Waals surface area (Å²) in [6.45, 7) is 28.2. The number of hydrogen-bond acceptors (Lipinski definition) is 2. The molecule has 0 fully saturated rings. The lowest BCUT2D eigenvalue weighted by Crippen LogP contribution is -2.74. The quantitative estimate of drug-likeness (QED) is 0.0888. The topological polar surface area (TPSA) is 6.48 Å². The van der Waals surface area contributed by atoms with Crippen molar-refractivity contribution in [3.8, 4) is 66.8 Å². The number of rotatable bonds is 12. The molecule has 508 valence electrons. The summed E-state index contributed by atoms with van der Waals surface area (Å²) in [5.41, 5.74) is 29.3. The molecule has 0 bridgehead atoms. The van der Waals surface area contributed by atoms with Crippen LogP contribution in [-0.4, -0.2) is 14.8 Å². The minimum absolute atomic E-state index is 0.130. The molecule has 0 amide bonds. The highest BCUT2D eigenvalue weighted by Crippen LogP contribution is 2.55. The number of nitrogens with zero attached hydrogens (tertiary/aromatic N) is 2. The van der Waals surface area contributed by atoms with Crippen LogP contribution in [0.15, 0.2) is 334 Å². The zero-order valence-electron chi connectivity index (χ0n) is 62.2. The van der Waals surface area contributed by atoms with Crippen molar-refractivity contribution in [2.45, 2.75) is 105 Å². The van der Waals surface area contributed by atoms with Gasteiger partial charge in [-0.25, -0.2) is 0 Å². The second-order valence-corrected chi connectivity index (χ2v) is 36.7. The van der Waals surface area contributed by atoms with Crippen LogP contribution in [-0.2, 0) is 21.7 Å². The maximum absolute atomic E-state index is 2.85. The van der Waals surface area contributed by atoms with E-state index in [0.717, 1.165) is 22.7 Å². The predicted molar refractivity (Wildman–Crippen MR) is 451 cm³/mol. The van der Waals surface area contributed by atoms with Crippen LogP contribution in [0.2, 0.25) is 0 Å². The minimum Gasteiger partial charge on any atom is -0.310 e. The summed E-state index contributed by atoms with van der Waals surface area (Å²) < 4.78 is 0. The van der Waals surface area contributed by atoms with Crippen LogP contribution in [0, 0.1) is 0 Å². The summed E-state index contributed by atoms with van der Waals surface area (Å²) in [5, 5.41) is 5.41. The average molecular weight is 1360 g/mol.